The molecular formula is C22H33N5O5S3. The molecule has 2 atom stereocenters. The quantitative estimate of drug-likeness (QED) is 0.414. The van der Waals surface area contributed by atoms with Crippen molar-refractivity contribution in [3.8, 4) is 5.75 Å². The van der Waals surface area contributed by atoms with Crippen LogP contribution in [0.25, 0.3) is 0 Å². The number of anilines is 1. The van der Waals surface area contributed by atoms with Crippen LogP contribution < -0.4 is 10.6 Å². The van der Waals surface area contributed by atoms with Crippen LogP contribution in [0.3, 0.4) is 0 Å². The van der Waals surface area contributed by atoms with Crippen LogP contribution >= 0.6 is 11.3 Å². The molecule has 2 aromatic heterocycles. The molecule has 10 nitrogen and oxygen atoms in total. The normalized spacial score (nSPS) is 17.2. The molecule has 35 heavy (non-hydrogen) atoms. The summed E-state index contributed by atoms with van der Waals surface area (Å²) in [5, 5.41) is 17.2. The Balaban J connectivity index is 1.82. The number of hydrogen-bond donors (Lipinski definition) is 3. The zero-order chi connectivity index (χ0) is 26.1. The predicted octanol–water partition coefficient (Wildman–Crippen LogP) is 3.83. The van der Waals surface area contributed by atoms with E-state index in [1.165, 1.54) is 4.31 Å². The van der Waals surface area contributed by atoms with Gasteiger partial charge in [0.1, 0.15) is 17.2 Å². The van der Waals surface area contributed by atoms with Crippen molar-refractivity contribution >= 4 is 49.8 Å². The van der Waals surface area contributed by atoms with E-state index in [-0.39, 0.29) is 53.1 Å². The zero-order valence-electron chi connectivity index (χ0n) is 21.0. The highest BCUT2D eigenvalue weighted by Gasteiger charge is 2.32. The molecule has 1 unspecified atom stereocenters. The van der Waals surface area contributed by atoms with E-state index < -0.39 is 21.2 Å². The molecule has 1 aliphatic heterocycles. The molecule has 2 aromatic rings. The van der Waals surface area contributed by atoms with Crippen molar-refractivity contribution in [3.05, 3.63) is 28.0 Å². The van der Waals surface area contributed by atoms with Gasteiger partial charge in [-0.2, -0.15) is 8.70 Å². The van der Waals surface area contributed by atoms with Gasteiger partial charge in [-0.3, -0.25) is 0 Å². The molecule has 0 saturated carbocycles. The minimum Gasteiger partial charge on any atom is -0.504 e. The van der Waals surface area contributed by atoms with Crippen molar-refractivity contribution in [1.82, 2.24) is 9.62 Å². The maximum absolute atomic E-state index is 13.0. The van der Waals surface area contributed by atoms with E-state index >= 15 is 0 Å². The lowest BCUT2D eigenvalue weighted by atomic mass is 10.0. The number of nitrogens with one attached hydrogen (secondary N) is 2. The summed E-state index contributed by atoms with van der Waals surface area (Å²) >= 11 is -0.840. The number of hydrogen-bond acceptors (Lipinski definition) is 8. The summed E-state index contributed by atoms with van der Waals surface area (Å²) in [6, 6.07) is 1.89. The van der Waals surface area contributed by atoms with E-state index in [9.17, 15) is 17.7 Å². The SMILES string of the molecule is CCN(CC)S(=O)(=O)c1sc(C)c(NC2=NS(=O)N=C2CN[C@@H](c2cc(C)c(C)o2)C(C)C)c1O. The Kier molecular flexibility index (Phi) is 8.58. The van der Waals surface area contributed by atoms with Gasteiger partial charge in [0.05, 0.1) is 11.7 Å². The third kappa shape index (κ3) is 5.69. The first-order chi connectivity index (χ1) is 16.4. The van der Waals surface area contributed by atoms with Crippen LogP contribution in [-0.4, -0.2) is 53.2 Å². The molecule has 3 heterocycles. The van der Waals surface area contributed by atoms with Gasteiger partial charge in [0.15, 0.2) is 15.8 Å². The van der Waals surface area contributed by atoms with Crippen LogP contribution in [-0.2, 0) is 21.2 Å². The highest BCUT2D eigenvalue weighted by atomic mass is 32.2. The topological polar surface area (TPSA) is 137 Å². The molecule has 194 valence electrons. The van der Waals surface area contributed by atoms with Gasteiger partial charge < -0.3 is 20.2 Å². The van der Waals surface area contributed by atoms with Crippen LogP contribution in [0, 0.1) is 26.7 Å². The van der Waals surface area contributed by atoms with Crippen LogP contribution in [0.4, 0.5) is 5.69 Å². The number of aromatic hydroxyl groups is 1. The third-order valence-electron chi connectivity index (χ3n) is 5.83. The Labute approximate surface area is 213 Å². The van der Waals surface area contributed by atoms with E-state index in [2.05, 4.69) is 33.3 Å². The second kappa shape index (κ2) is 10.9. The predicted molar refractivity (Wildman–Crippen MR) is 141 cm³/mol. The second-order valence-corrected chi connectivity index (χ2v) is 12.8. The molecule has 0 amide bonds. The molecular weight excluding hydrogens is 510 g/mol. The summed E-state index contributed by atoms with van der Waals surface area (Å²) in [5.74, 6) is 1.70. The monoisotopic (exact) mass is 543 g/mol. The maximum atomic E-state index is 13.0. The van der Waals surface area contributed by atoms with E-state index in [1.807, 2.05) is 19.9 Å². The Morgan fingerprint density at radius 1 is 1.20 bits per heavy atom. The van der Waals surface area contributed by atoms with Gasteiger partial charge in [0.2, 0.25) is 0 Å². The molecule has 0 fully saturated rings. The van der Waals surface area contributed by atoms with Gasteiger partial charge in [0, 0.05) is 24.5 Å². The Morgan fingerprint density at radius 2 is 1.86 bits per heavy atom. The van der Waals surface area contributed by atoms with Crippen LogP contribution in [0.1, 0.15) is 55.7 Å². The zero-order valence-corrected chi connectivity index (χ0v) is 23.4. The van der Waals surface area contributed by atoms with Crippen molar-refractivity contribution in [2.75, 3.05) is 25.0 Å². The molecule has 3 rings (SSSR count). The van der Waals surface area contributed by atoms with E-state index in [1.54, 1.807) is 20.8 Å². The summed E-state index contributed by atoms with van der Waals surface area (Å²) in [7, 11) is -3.85. The first-order valence-corrected chi connectivity index (χ1v) is 14.7. The number of amidine groups is 1. The fourth-order valence-corrected chi connectivity index (χ4v) is 7.54. The molecule has 0 radical (unpaired) electrons. The summed E-state index contributed by atoms with van der Waals surface area (Å²) in [6.45, 7) is 14.0. The molecule has 0 bridgehead atoms. The van der Waals surface area contributed by atoms with Gasteiger partial charge in [-0.15, -0.1) is 15.7 Å². The molecule has 0 aliphatic carbocycles. The molecule has 1 aliphatic rings. The lowest BCUT2D eigenvalue weighted by Gasteiger charge is -2.20. The Bertz CT molecular complexity index is 1250. The van der Waals surface area contributed by atoms with Crippen molar-refractivity contribution < 1.29 is 22.2 Å². The van der Waals surface area contributed by atoms with E-state index in [0.29, 0.717) is 10.6 Å². The Morgan fingerprint density at radius 3 is 2.40 bits per heavy atom. The Hall–Kier alpha value is -2.06. The van der Waals surface area contributed by atoms with E-state index in [4.69, 9.17) is 4.42 Å². The molecule has 0 saturated heterocycles. The summed E-state index contributed by atoms with van der Waals surface area (Å²) in [4.78, 5) is 0.558. The lowest BCUT2D eigenvalue weighted by molar-refractivity contribution is 0.347. The first kappa shape index (κ1) is 27.5. The highest BCUT2D eigenvalue weighted by Crippen LogP contribution is 2.43. The van der Waals surface area contributed by atoms with Gasteiger partial charge in [-0.05, 0) is 38.3 Å². The van der Waals surface area contributed by atoms with Gasteiger partial charge >= 0.3 is 0 Å². The maximum Gasteiger partial charge on any atom is 0.268 e. The van der Waals surface area contributed by atoms with Gasteiger partial charge in [0.25, 0.3) is 21.2 Å². The summed E-state index contributed by atoms with van der Waals surface area (Å²) < 4.78 is 53.3. The number of aryl methyl sites for hydroxylation is 3. The van der Waals surface area contributed by atoms with Crippen molar-refractivity contribution in [2.45, 2.75) is 58.7 Å². The highest BCUT2D eigenvalue weighted by molar-refractivity contribution is 7.91. The molecule has 0 spiro atoms. The van der Waals surface area contributed by atoms with Gasteiger partial charge in [-0.1, -0.05) is 27.7 Å². The lowest BCUT2D eigenvalue weighted by Crippen LogP contribution is -2.35. The number of thiophene rings is 1. The molecule has 13 heteroatoms. The largest absolute Gasteiger partial charge is 0.504 e. The molecule has 0 aromatic carbocycles. The summed E-state index contributed by atoms with van der Waals surface area (Å²) in [5.41, 5.74) is 1.69. The standard InChI is InChI=1S/C22H33N5O5S3/c1-8-27(9-2)35(30,31)22-20(28)19(15(7)33-22)24-21-16(25-34(29)26-21)11-23-18(12(3)4)17-10-13(5)14(6)32-17/h10,12,18,23,28H,8-9,11H2,1-7H3,(H,24,26)/t18-,34?/m1/s1. The van der Waals surface area contributed by atoms with Crippen molar-refractivity contribution in [3.63, 3.8) is 0 Å². The first-order valence-electron chi connectivity index (χ1n) is 11.4. The van der Waals surface area contributed by atoms with Crippen LogP contribution in [0.15, 0.2) is 23.5 Å². The summed E-state index contributed by atoms with van der Waals surface area (Å²) in [6.07, 6.45) is 0. The van der Waals surface area contributed by atoms with Crippen LogP contribution in [0.5, 0.6) is 5.75 Å². The number of rotatable bonds is 10. The average molecular weight is 544 g/mol. The number of furan rings is 1. The van der Waals surface area contributed by atoms with Crippen molar-refractivity contribution in [2.24, 2.45) is 14.7 Å². The van der Waals surface area contributed by atoms with E-state index in [0.717, 1.165) is 28.4 Å². The number of sulfonamides is 1. The minimum atomic E-state index is -3.85. The minimum absolute atomic E-state index is 0.109. The molecule has 3 N–H and O–H groups in total. The van der Waals surface area contributed by atoms with Crippen LogP contribution in [0.2, 0.25) is 0 Å². The van der Waals surface area contributed by atoms with Crippen molar-refractivity contribution in [1.29, 1.82) is 0 Å². The average Bonchev–Trinajstić information content (AvgIpc) is 3.39. The fraction of sp³-hybridized carbons (Fsp3) is 0.545. The second-order valence-electron chi connectivity index (χ2n) is 8.58. The van der Waals surface area contributed by atoms with Gasteiger partial charge in [-0.25, -0.2) is 12.6 Å². The number of nitrogens with zero attached hydrogens (tertiary/aromatic N) is 3. The smallest absolute Gasteiger partial charge is 0.268 e. The fourth-order valence-electron chi connectivity index (χ4n) is 3.75. The third-order valence-corrected chi connectivity index (χ3v) is 10.2.